The Hall–Kier alpha value is -1.89. The number of hydrogen-bond donors (Lipinski definition) is 2. The molecule has 2 aromatic rings. The van der Waals surface area contributed by atoms with Gasteiger partial charge in [0, 0.05) is 10.7 Å². The number of aryl methyl sites for hydroxylation is 1. The first-order valence-electron chi connectivity index (χ1n) is 6.43. The molecule has 0 atom stereocenters. The number of rotatable bonds is 4. The van der Waals surface area contributed by atoms with Crippen molar-refractivity contribution in [3.05, 3.63) is 58.6 Å². The summed E-state index contributed by atoms with van der Waals surface area (Å²) in [4.78, 5) is 12.0. The van der Waals surface area contributed by atoms with E-state index >= 15 is 0 Å². The van der Waals surface area contributed by atoms with Gasteiger partial charge in [0.05, 0.1) is 11.3 Å². The maximum atomic E-state index is 12.1. The minimum atomic E-state index is -3.81. The van der Waals surface area contributed by atoms with Gasteiger partial charge >= 0.3 is 0 Å². The number of hydrogen-bond acceptors (Lipinski definition) is 3. The number of carbonyl (C=O) groups is 1. The van der Waals surface area contributed by atoms with Crippen LogP contribution < -0.4 is 10.5 Å². The SMILES string of the molecule is Cc1ccc(S(N)(=O)=O)cc1NC(=O)Cc1ccc(Cl)cc1. The molecular weight excluding hydrogens is 324 g/mol. The molecule has 0 spiro atoms. The standard InChI is InChI=1S/C15H15ClN2O3S/c1-10-2-7-13(22(17,20)21)9-14(10)18-15(19)8-11-3-5-12(16)6-4-11/h2-7,9H,8H2,1H3,(H,18,19)(H2,17,20,21). The Morgan fingerprint density at radius 1 is 1.18 bits per heavy atom. The average molecular weight is 339 g/mol. The van der Waals surface area contributed by atoms with Crippen LogP contribution in [0.4, 0.5) is 5.69 Å². The second-order valence-corrected chi connectivity index (χ2v) is 6.87. The molecule has 5 nitrogen and oxygen atoms in total. The summed E-state index contributed by atoms with van der Waals surface area (Å²) in [5.41, 5.74) is 1.98. The molecule has 3 N–H and O–H groups in total. The van der Waals surface area contributed by atoms with Crippen molar-refractivity contribution in [2.24, 2.45) is 5.14 Å². The zero-order valence-corrected chi connectivity index (χ0v) is 13.4. The first-order valence-corrected chi connectivity index (χ1v) is 8.36. The monoisotopic (exact) mass is 338 g/mol. The van der Waals surface area contributed by atoms with Crippen molar-refractivity contribution in [3.8, 4) is 0 Å². The lowest BCUT2D eigenvalue weighted by molar-refractivity contribution is -0.115. The summed E-state index contributed by atoms with van der Waals surface area (Å²) in [7, 11) is -3.81. The third-order valence-corrected chi connectivity index (χ3v) is 4.25. The molecule has 2 rings (SSSR count). The van der Waals surface area contributed by atoms with E-state index in [1.165, 1.54) is 12.1 Å². The summed E-state index contributed by atoms with van der Waals surface area (Å²) in [6.07, 6.45) is 0.163. The van der Waals surface area contributed by atoms with Crippen LogP contribution in [0.5, 0.6) is 0 Å². The van der Waals surface area contributed by atoms with Crippen molar-refractivity contribution in [1.82, 2.24) is 0 Å². The Bertz CT molecular complexity index is 802. The lowest BCUT2D eigenvalue weighted by atomic mass is 10.1. The molecule has 1 amide bonds. The summed E-state index contributed by atoms with van der Waals surface area (Å²) in [5, 5.41) is 8.38. The van der Waals surface area contributed by atoms with Crippen LogP contribution in [-0.2, 0) is 21.2 Å². The summed E-state index contributed by atoms with van der Waals surface area (Å²) < 4.78 is 22.7. The van der Waals surface area contributed by atoms with Gasteiger partial charge in [-0.15, -0.1) is 0 Å². The summed E-state index contributed by atoms with van der Waals surface area (Å²) >= 11 is 5.79. The Morgan fingerprint density at radius 2 is 1.82 bits per heavy atom. The molecule has 22 heavy (non-hydrogen) atoms. The molecule has 0 saturated heterocycles. The Kier molecular flexibility index (Phi) is 4.85. The highest BCUT2D eigenvalue weighted by Gasteiger charge is 2.12. The summed E-state index contributed by atoms with van der Waals surface area (Å²) in [6, 6.07) is 11.3. The molecule has 0 aliphatic rings. The van der Waals surface area contributed by atoms with E-state index in [9.17, 15) is 13.2 Å². The van der Waals surface area contributed by atoms with Crippen molar-refractivity contribution >= 4 is 33.2 Å². The quantitative estimate of drug-likeness (QED) is 0.897. The molecule has 0 fully saturated rings. The highest BCUT2D eigenvalue weighted by molar-refractivity contribution is 7.89. The van der Waals surface area contributed by atoms with Crippen molar-refractivity contribution in [2.75, 3.05) is 5.32 Å². The predicted molar refractivity (Wildman–Crippen MR) is 86.3 cm³/mol. The van der Waals surface area contributed by atoms with E-state index in [4.69, 9.17) is 16.7 Å². The number of nitrogens with two attached hydrogens (primary N) is 1. The van der Waals surface area contributed by atoms with Gasteiger partial charge in [0.2, 0.25) is 15.9 Å². The van der Waals surface area contributed by atoms with Gasteiger partial charge in [0.25, 0.3) is 0 Å². The number of sulfonamides is 1. The van der Waals surface area contributed by atoms with Crippen molar-refractivity contribution in [1.29, 1.82) is 0 Å². The smallest absolute Gasteiger partial charge is 0.238 e. The van der Waals surface area contributed by atoms with E-state index < -0.39 is 10.0 Å². The molecule has 0 saturated carbocycles. The topological polar surface area (TPSA) is 89.3 Å². The predicted octanol–water partition coefficient (Wildman–Crippen LogP) is 2.48. The number of amides is 1. The fourth-order valence-corrected chi connectivity index (χ4v) is 2.56. The maximum absolute atomic E-state index is 12.1. The van der Waals surface area contributed by atoms with E-state index in [1.807, 2.05) is 0 Å². The van der Waals surface area contributed by atoms with Crippen LogP contribution in [0.1, 0.15) is 11.1 Å². The number of anilines is 1. The lowest BCUT2D eigenvalue weighted by Gasteiger charge is -2.10. The molecule has 0 heterocycles. The van der Waals surface area contributed by atoms with Gasteiger partial charge < -0.3 is 5.32 Å². The van der Waals surface area contributed by atoms with Crippen LogP contribution in [0.15, 0.2) is 47.4 Å². The highest BCUT2D eigenvalue weighted by atomic mass is 35.5. The second kappa shape index (κ2) is 6.48. The first kappa shape index (κ1) is 16.5. The molecule has 116 valence electrons. The van der Waals surface area contributed by atoms with Gasteiger partial charge in [-0.05, 0) is 42.3 Å². The van der Waals surface area contributed by atoms with Crippen LogP contribution in [0.2, 0.25) is 5.02 Å². The third kappa shape index (κ3) is 4.30. The minimum Gasteiger partial charge on any atom is -0.326 e. The second-order valence-electron chi connectivity index (χ2n) is 4.87. The van der Waals surface area contributed by atoms with E-state index in [2.05, 4.69) is 5.32 Å². The molecule has 0 aliphatic carbocycles. The maximum Gasteiger partial charge on any atom is 0.238 e. The van der Waals surface area contributed by atoms with Crippen LogP contribution in [0, 0.1) is 6.92 Å². The van der Waals surface area contributed by atoms with Crippen LogP contribution in [0.25, 0.3) is 0 Å². The first-order chi connectivity index (χ1) is 10.3. The van der Waals surface area contributed by atoms with Crippen molar-refractivity contribution in [3.63, 3.8) is 0 Å². The minimum absolute atomic E-state index is 0.0418. The van der Waals surface area contributed by atoms with Crippen LogP contribution in [-0.4, -0.2) is 14.3 Å². The highest BCUT2D eigenvalue weighted by Crippen LogP contribution is 2.20. The van der Waals surface area contributed by atoms with Gasteiger partial charge in [-0.25, -0.2) is 13.6 Å². The summed E-state index contributed by atoms with van der Waals surface area (Å²) in [6.45, 7) is 1.77. The third-order valence-electron chi connectivity index (χ3n) is 3.09. The molecule has 0 unspecified atom stereocenters. The summed E-state index contributed by atoms with van der Waals surface area (Å²) in [5.74, 6) is -0.253. The Labute approximate surface area is 134 Å². The fraction of sp³-hybridized carbons (Fsp3) is 0.133. The van der Waals surface area contributed by atoms with E-state index in [-0.39, 0.29) is 17.2 Å². The normalized spacial score (nSPS) is 11.2. The molecule has 0 bridgehead atoms. The van der Waals surface area contributed by atoms with Gasteiger partial charge in [0.15, 0.2) is 0 Å². The van der Waals surface area contributed by atoms with Gasteiger partial charge in [-0.3, -0.25) is 4.79 Å². The molecule has 2 aromatic carbocycles. The number of halogens is 1. The largest absolute Gasteiger partial charge is 0.326 e. The molecular formula is C15H15ClN2O3S. The Balaban J connectivity index is 2.16. The zero-order chi connectivity index (χ0) is 16.3. The number of primary sulfonamides is 1. The van der Waals surface area contributed by atoms with E-state index in [0.29, 0.717) is 10.7 Å². The lowest BCUT2D eigenvalue weighted by Crippen LogP contribution is -2.17. The molecule has 0 aromatic heterocycles. The van der Waals surface area contributed by atoms with Crippen molar-refractivity contribution in [2.45, 2.75) is 18.2 Å². The zero-order valence-electron chi connectivity index (χ0n) is 11.8. The van der Waals surface area contributed by atoms with Gasteiger partial charge in [-0.1, -0.05) is 29.8 Å². The van der Waals surface area contributed by atoms with E-state index in [1.54, 1.807) is 37.3 Å². The molecule has 7 heteroatoms. The van der Waals surface area contributed by atoms with Gasteiger partial charge in [0.1, 0.15) is 0 Å². The molecule has 0 aliphatic heterocycles. The van der Waals surface area contributed by atoms with Crippen LogP contribution >= 0.6 is 11.6 Å². The van der Waals surface area contributed by atoms with E-state index in [0.717, 1.165) is 11.1 Å². The Morgan fingerprint density at radius 3 is 2.41 bits per heavy atom. The molecule has 0 radical (unpaired) electrons. The average Bonchev–Trinajstić information content (AvgIpc) is 2.42. The van der Waals surface area contributed by atoms with Crippen molar-refractivity contribution < 1.29 is 13.2 Å². The number of carbonyl (C=O) groups excluding carboxylic acids is 1. The van der Waals surface area contributed by atoms with Gasteiger partial charge in [-0.2, -0.15) is 0 Å². The number of benzene rings is 2. The van der Waals surface area contributed by atoms with Crippen LogP contribution in [0.3, 0.4) is 0 Å². The number of nitrogens with one attached hydrogen (secondary N) is 1. The fourth-order valence-electron chi connectivity index (χ4n) is 1.89.